The highest BCUT2D eigenvalue weighted by Gasteiger charge is 2.00. The minimum absolute atomic E-state index is 0.671. The van der Waals surface area contributed by atoms with Gasteiger partial charge < -0.3 is 19.5 Å². The second kappa shape index (κ2) is 9.74. The largest absolute Gasteiger partial charge is 0.490 e. The molecule has 4 nitrogen and oxygen atoms in total. The molecule has 1 aliphatic heterocycles. The van der Waals surface area contributed by atoms with E-state index in [2.05, 4.69) is 5.32 Å². The number of ether oxygens (including phenoxy) is 3. The molecule has 0 amide bonds. The molecule has 1 aliphatic rings. The van der Waals surface area contributed by atoms with E-state index >= 15 is 0 Å². The normalized spacial score (nSPS) is 14.3. The molecule has 1 N–H and O–H groups in total. The molecular formula is C14H23NO3. The molecule has 1 saturated heterocycles. The first-order valence-corrected chi connectivity index (χ1v) is 6.51. The first kappa shape index (κ1) is 14.8. The zero-order valence-electron chi connectivity index (χ0n) is 11.3. The van der Waals surface area contributed by atoms with Gasteiger partial charge in [0.05, 0.1) is 26.4 Å². The summed E-state index contributed by atoms with van der Waals surface area (Å²) in [5.41, 5.74) is 0. The van der Waals surface area contributed by atoms with Crippen molar-refractivity contribution < 1.29 is 14.2 Å². The van der Waals surface area contributed by atoms with Crippen molar-refractivity contribution in [1.29, 1.82) is 0 Å². The van der Waals surface area contributed by atoms with Gasteiger partial charge in [-0.25, -0.2) is 0 Å². The molecule has 0 saturated carbocycles. The molecule has 0 aromatic heterocycles. The van der Waals surface area contributed by atoms with E-state index in [0.29, 0.717) is 13.2 Å². The van der Waals surface area contributed by atoms with Crippen molar-refractivity contribution in [2.24, 2.45) is 0 Å². The Morgan fingerprint density at radius 3 is 1.78 bits per heavy atom. The highest BCUT2D eigenvalue weighted by atomic mass is 16.5. The Bertz CT molecular complexity index is 277. The first-order chi connectivity index (χ1) is 8.88. The van der Waals surface area contributed by atoms with Crippen LogP contribution in [0.4, 0.5) is 0 Å². The van der Waals surface area contributed by atoms with Crippen LogP contribution in [0, 0.1) is 0 Å². The minimum atomic E-state index is 0.671. The second-order valence-electron chi connectivity index (χ2n) is 3.68. The van der Waals surface area contributed by atoms with Crippen LogP contribution in [0.25, 0.3) is 0 Å². The molecule has 1 heterocycles. The van der Waals surface area contributed by atoms with E-state index in [1.807, 2.05) is 38.1 Å². The predicted octanol–water partition coefficient (Wildman–Crippen LogP) is 2.09. The Kier molecular flexibility index (Phi) is 8.01. The fourth-order valence-corrected chi connectivity index (χ4v) is 1.52. The molecule has 102 valence electrons. The van der Waals surface area contributed by atoms with Gasteiger partial charge in [0.15, 0.2) is 11.5 Å². The third-order valence-electron chi connectivity index (χ3n) is 2.30. The van der Waals surface area contributed by atoms with Gasteiger partial charge >= 0.3 is 0 Å². The van der Waals surface area contributed by atoms with Crippen molar-refractivity contribution in [1.82, 2.24) is 5.32 Å². The van der Waals surface area contributed by atoms with Gasteiger partial charge in [-0.1, -0.05) is 12.1 Å². The Hall–Kier alpha value is -1.26. The summed E-state index contributed by atoms with van der Waals surface area (Å²) in [6.45, 7) is 9.10. The number of hydrogen-bond acceptors (Lipinski definition) is 4. The fourth-order valence-electron chi connectivity index (χ4n) is 1.52. The van der Waals surface area contributed by atoms with Crippen molar-refractivity contribution in [3.63, 3.8) is 0 Å². The molecule has 0 bridgehead atoms. The van der Waals surface area contributed by atoms with E-state index in [1.54, 1.807) is 0 Å². The van der Waals surface area contributed by atoms with Gasteiger partial charge in [-0.05, 0) is 26.0 Å². The summed E-state index contributed by atoms with van der Waals surface area (Å²) in [5, 5.41) is 3.16. The highest BCUT2D eigenvalue weighted by molar-refractivity contribution is 5.39. The van der Waals surface area contributed by atoms with Crippen LogP contribution in [-0.2, 0) is 4.74 Å². The number of morpholine rings is 1. The average Bonchev–Trinajstić information content (AvgIpc) is 2.44. The van der Waals surface area contributed by atoms with Crippen LogP contribution >= 0.6 is 0 Å². The molecule has 0 unspecified atom stereocenters. The van der Waals surface area contributed by atoms with Crippen LogP contribution in [0.15, 0.2) is 24.3 Å². The molecule has 1 fully saturated rings. The third kappa shape index (κ3) is 5.89. The van der Waals surface area contributed by atoms with Crippen LogP contribution in [0.5, 0.6) is 11.5 Å². The third-order valence-corrected chi connectivity index (χ3v) is 2.30. The summed E-state index contributed by atoms with van der Waals surface area (Å²) in [6.07, 6.45) is 0. The highest BCUT2D eigenvalue weighted by Crippen LogP contribution is 2.25. The van der Waals surface area contributed by atoms with Crippen molar-refractivity contribution in [2.45, 2.75) is 13.8 Å². The number of rotatable bonds is 4. The standard InChI is InChI=1S/C10H14O2.C4H9NO/c1-3-11-9-7-5-6-8-10(9)12-4-2;1-3-6-4-2-5-1/h5-8H,3-4H2,1-2H3;5H,1-4H2. The lowest BCUT2D eigenvalue weighted by Gasteiger charge is -2.10. The van der Waals surface area contributed by atoms with Gasteiger partial charge in [0, 0.05) is 13.1 Å². The number of hydrogen-bond donors (Lipinski definition) is 1. The Morgan fingerprint density at radius 2 is 1.50 bits per heavy atom. The Morgan fingerprint density at radius 1 is 1.00 bits per heavy atom. The van der Waals surface area contributed by atoms with Crippen LogP contribution < -0.4 is 14.8 Å². The predicted molar refractivity (Wildman–Crippen MR) is 72.5 cm³/mol. The average molecular weight is 253 g/mol. The zero-order chi connectivity index (χ0) is 13.1. The topological polar surface area (TPSA) is 39.7 Å². The lowest BCUT2D eigenvalue weighted by Crippen LogP contribution is -2.30. The van der Waals surface area contributed by atoms with Gasteiger partial charge in [-0.15, -0.1) is 0 Å². The van der Waals surface area contributed by atoms with Gasteiger partial charge in [-0.2, -0.15) is 0 Å². The quantitative estimate of drug-likeness (QED) is 0.892. The van der Waals surface area contributed by atoms with Gasteiger partial charge in [-0.3, -0.25) is 0 Å². The first-order valence-electron chi connectivity index (χ1n) is 6.51. The Labute approximate surface area is 109 Å². The van der Waals surface area contributed by atoms with E-state index in [4.69, 9.17) is 14.2 Å². The number of nitrogens with one attached hydrogen (secondary N) is 1. The van der Waals surface area contributed by atoms with Crippen LogP contribution in [-0.4, -0.2) is 39.5 Å². The van der Waals surface area contributed by atoms with E-state index < -0.39 is 0 Å². The maximum absolute atomic E-state index is 5.36. The van der Waals surface area contributed by atoms with Crippen molar-refractivity contribution >= 4 is 0 Å². The lowest BCUT2D eigenvalue weighted by atomic mass is 10.3. The summed E-state index contributed by atoms with van der Waals surface area (Å²) >= 11 is 0. The molecule has 4 heteroatoms. The minimum Gasteiger partial charge on any atom is -0.490 e. The smallest absolute Gasteiger partial charge is 0.161 e. The summed E-state index contributed by atoms with van der Waals surface area (Å²) < 4.78 is 15.7. The van der Waals surface area contributed by atoms with Gasteiger partial charge in [0.1, 0.15) is 0 Å². The number of para-hydroxylation sites is 2. The molecule has 1 aromatic rings. The summed E-state index contributed by atoms with van der Waals surface area (Å²) in [4.78, 5) is 0. The summed E-state index contributed by atoms with van der Waals surface area (Å²) in [7, 11) is 0. The van der Waals surface area contributed by atoms with Crippen molar-refractivity contribution in [2.75, 3.05) is 39.5 Å². The molecule has 2 rings (SSSR count). The molecule has 0 aliphatic carbocycles. The van der Waals surface area contributed by atoms with E-state index in [0.717, 1.165) is 37.8 Å². The number of benzene rings is 1. The van der Waals surface area contributed by atoms with E-state index in [-0.39, 0.29) is 0 Å². The van der Waals surface area contributed by atoms with Gasteiger partial charge in [0.2, 0.25) is 0 Å². The SMILES string of the molecule is C1COCCN1.CCOc1ccccc1OCC. The summed E-state index contributed by atoms with van der Waals surface area (Å²) in [5.74, 6) is 1.64. The molecule has 18 heavy (non-hydrogen) atoms. The van der Waals surface area contributed by atoms with Crippen molar-refractivity contribution in [3.8, 4) is 11.5 Å². The zero-order valence-corrected chi connectivity index (χ0v) is 11.3. The maximum atomic E-state index is 5.36. The molecule has 1 aromatic carbocycles. The summed E-state index contributed by atoms with van der Waals surface area (Å²) in [6, 6.07) is 7.70. The van der Waals surface area contributed by atoms with Gasteiger partial charge in [0.25, 0.3) is 0 Å². The molecule has 0 atom stereocenters. The fraction of sp³-hybridized carbons (Fsp3) is 0.571. The monoisotopic (exact) mass is 253 g/mol. The molecular weight excluding hydrogens is 230 g/mol. The van der Waals surface area contributed by atoms with Crippen molar-refractivity contribution in [3.05, 3.63) is 24.3 Å². The second-order valence-corrected chi connectivity index (χ2v) is 3.68. The van der Waals surface area contributed by atoms with E-state index in [9.17, 15) is 0 Å². The lowest BCUT2D eigenvalue weighted by molar-refractivity contribution is 0.109. The van der Waals surface area contributed by atoms with Crippen LogP contribution in [0.2, 0.25) is 0 Å². The maximum Gasteiger partial charge on any atom is 0.161 e. The van der Waals surface area contributed by atoms with Crippen LogP contribution in [0.1, 0.15) is 13.8 Å². The molecule has 0 spiro atoms. The van der Waals surface area contributed by atoms with Crippen LogP contribution in [0.3, 0.4) is 0 Å². The molecule has 0 radical (unpaired) electrons. The van der Waals surface area contributed by atoms with E-state index in [1.165, 1.54) is 0 Å². The Balaban J connectivity index is 0.000000225.